The molecule has 0 atom stereocenters. The van der Waals surface area contributed by atoms with Crippen LogP contribution in [-0.4, -0.2) is 77.8 Å². The smallest absolute Gasteiger partial charge is 0.272 e. The van der Waals surface area contributed by atoms with Crippen molar-refractivity contribution in [2.45, 2.75) is 44.4 Å². The topological polar surface area (TPSA) is 88.8 Å². The Balaban J connectivity index is 1.55. The molecule has 1 saturated carbocycles. The first-order valence-corrected chi connectivity index (χ1v) is 10.5. The number of aromatic nitrogens is 2. The van der Waals surface area contributed by atoms with Gasteiger partial charge in [0.1, 0.15) is 11.3 Å². The molecule has 29 heavy (non-hydrogen) atoms. The van der Waals surface area contributed by atoms with E-state index >= 15 is 0 Å². The van der Waals surface area contributed by atoms with Crippen LogP contribution in [0.15, 0.2) is 18.2 Å². The minimum absolute atomic E-state index is 0.0880. The van der Waals surface area contributed by atoms with E-state index in [2.05, 4.69) is 15.3 Å². The largest absolute Gasteiger partial charge is 0.494 e. The van der Waals surface area contributed by atoms with Crippen LogP contribution in [0, 0.1) is 0 Å². The maximum Gasteiger partial charge on any atom is 0.272 e. The van der Waals surface area contributed by atoms with Gasteiger partial charge in [-0.05, 0) is 31.7 Å². The molecule has 1 aliphatic carbocycles. The monoisotopic (exact) mass is 402 g/mol. The summed E-state index contributed by atoms with van der Waals surface area (Å²) in [4.78, 5) is 15.4. The first-order chi connectivity index (χ1) is 14.2. The number of aliphatic hydroxyl groups is 1. The van der Waals surface area contributed by atoms with Crippen molar-refractivity contribution in [1.29, 1.82) is 0 Å². The van der Waals surface area contributed by atoms with Crippen molar-refractivity contribution in [2.75, 3.05) is 40.0 Å². The summed E-state index contributed by atoms with van der Waals surface area (Å²) in [6.07, 6.45) is 2.81. The van der Waals surface area contributed by atoms with Crippen LogP contribution in [0.25, 0.3) is 10.9 Å². The van der Waals surface area contributed by atoms with Gasteiger partial charge in [0.25, 0.3) is 5.91 Å². The zero-order chi connectivity index (χ0) is 20.2. The van der Waals surface area contributed by atoms with E-state index in [4.69, 9.17) is 9.47 Å². The van der Waals surface area contributed by atoms with Crippen LogP contribution < -0.4 is 10.1 Å². The second-order valence-corrected chi connectivity index (χ2v) is 7.86. The van der Waals surface area contributed by atoms with Crippen LogP contribution >= 0.6 is 0 Å². The number of hydrogen-bond donors (Lipinski definition) is 2. The predicted octanol–water partition coefficient (Wildman–Crippen LogP) is 1.41. The van der Waals surface area contributed by atoms with Gasteiger partial charge in [-0.3, -0.25) is 14.4 Å². The molecule has 8 heteroatoms. The lowest BCUT2D eigenvalue weighted by atomic mass is 9.93. The van der Waals surface area contributed by atoms with Crippen LogP contribution in [0.4, 0.5) is 0 Å². The molecule has 2 heterocycles. The van der Waals surface area contributed by atoms with E-state index in [1.165, 1.54) is 0 Å². The molecule has 1 saturated heterocycles. The Bertz CT molecular complexity index is 839. The van der Waals surface area contributed by atoms with Gasteiger partial charge in [0, 0.05) is 31.1 Å². The number of ether oxygens (including phenoxy) is 2. The molecule has 0 spiro atoms. The molecule has 158 valence electrons. The number of hydrogen-bond acceptors (Lipinski definition) is 6. The first-order valence-electron chi connectivity index (χ1n) is 10.5. The lowest BCUT2D eigenvalue weighted by molar-refractivity contribution is 0.0361. The molecule has 0 radical (unpaired) electrons. The maximum absolute atomic E-state index is 13.0. The summed E-state index contributed by atoms with van der Waals surface area (Å²) >= 11 is 0. The van der Waals surface area contributed by atoms with Crippen LogP contribution in [0.2, 0.25) is 0 Å². The summed E-state index contributed by atoms with van der Waals surface area (Å²) in [6, 6.07) is 5.81. The highest BCUT2D eigenvalue weighted by atomic mass is 16.5. The fourth-order valence-corrected chi connectivity index (χ4v) is 4.23. The lowest BCUT2D eigenvalue weighted by Gasteiger charge is -2.26. The number of amides is 1. The summed E-state index contributed by atoms with van der Waals surface area (Å²) in [7, 11) is 1.64. The summed E-state index contributed by atoms with van der Waals surface area (Å²) in [6.45, 7) is 4.87. The molecule has 4 rings (SSSR count). The molecule has 0 bridgehead atoms. The minimum atomic E-state index is -0.243. The molecular weight excluding hydrogens is 372 g/mol. The lowest BCUT2D eigenvalue weighted by Crippen LogP contribution is -2.39. The number of carbonyl (C=O) groups is 1. The van der Waals surface area contributed by atoms with Crippen LogP contribution in [0.5, 0.6) is 5.75 Å². The first kappa shape index (κ1) is 20.1. The van der Waals surface area contributed by atoms with Crippen LogP contribution in [0.1, 0.15) is 36.2 Å². The Morgan fingerprint density at radius 3 is 2.72 bits per heavy atom. The Morgan fingerprint density at radius 1 is 1.24 bits per heavy atom. The average molecular weight is 402 g/mol. The fraction of sp³-hybridized carbons (Fsp3) is 0.619. The van der Waals surface area contributed by atoms with E-state index in [1.807, 2.05) is 22.9 Å². The number of nitrogens with one attached hydrogen (secondary N) is 1. The van der Waals surface area contributed by atoms with Crippen molar-refractivity contribution in [3.05, 3.63) is 23.9 Å². The molecule has 1 aromatic carbocycles. The van der Waals surface area contributed by atoms with Crippen molar-refractivity contribution >= 4 is 16.8 Å². The number of nitrogens with zero attached hydrogens (tertiary/aromatic N) is 3. The summed E-state index contributed by atoms with van der Waals surface area (Å²) in [5.74, 6) is 0.562. The number of aliphatic hydroxyl groups excluding tert-OH is 1. The van der Waals surface area contributed by atoms with Gasteiger partial charge in [-0.1, -0.05) is 12.1 Å². The minimum Gasteiger partial charge on any atom is -0.494 e. The third-order valence-corrected chi connectivity index (χ3v) is 5.93. The van der Waals surface area contributed by atoms with Crippen molar-refractivity contribution in [3.8, 4) is 5.75 Å². The van der Waals surface area contributed by atoms with Gasteiger partial charge in [-0.2, -0.15) is 5.10 Å². The Kier molecular flexibility index (Phi) is 6.32. The number of benzene rings is 1. The van der Waals surface area contributed by atoms with Crippen molar-refractivity contribution in [3.63, 3.8) is 0 Å². The number of fused-ring (bicyclic) bond motifs is 1. The van der Waals surface area contributed by atoms with E-state index < -0.39 is 0 Å². The standard InChI is InChI=1S/C21H30N4O4/c1-28-18-4-2-3-17-19(21(27)22-15-5-7-16(26)8-6-15)23-25(20(17)18)10-9-24-11-13-29-14-12-24/h2-4,15-16,26H,5-14H2,1H3,(H,22,27). The Morgan fingerprint density at radius 2 is 2.00 bits per heavy atom. The van der Waals surface area contributed by atoms with Gasteiger partial charge >= 0.3 is 0 Å². The third kappa shape index (κ3) is 4.55. The number of rotatable bonds is 6. The quantitative estimate of drug-likeness (QED) is 0.760. The summed E-state index contributed by atoms with van der Waals surface area (Å²) < 4.78 is 12.9. The van der Waals surface area contributed by atoms with Gasteiger partial charge in [0.15, 0.2) is 5.69 Å². The van der Waals surface area contributed by atoms with Crippen molar-refractivity contribution in [2.24, 2.45) is 0 Å². The van der Waals surface area contributed by atoms with E-state index in [0.29, 0.717) is 12.2 Å². The van der Waals surface area contributed by atoms with E-state index in [9.17, 15) is 9.90 Å². The second-order valence-electron chi connectivity index (χ2n) is 7.86. The Hall–Kier alpha value is -2.16. The van der Waals surface area contributed by atoms with E-state index in [-0.39, 0.29) is 18.1 Å². The zero-order valence-electron chi connectivity index (χ0n) is 17.0. The molecule has 0 unspecified atom stereocenters. The molecule has 1 aromatic heterocycles. The molecule has 8 nitrogen and oxygen atoms in total. The molecule has 2 N–H and O–H groups in total. The van der Waals surface area contributed by atoms with Crippen LogP contribution in [-0.2, 0) is 11.3 Å². The molecule has 1 amide bonds. The number of para-hydroxylation sites is 1. The average Bonchev–Trinajstić information content (AvgIpc) is 3.14. The number of morpholine rings is 1. The molecule has 1 aliphatic heterocycles. The highest BCUT2D eigenvalue weighted by Crippen LogP contribution is 2.28. The van der Waals surface area contributed by atoms with Gasteiger partial charge in [0.05, 0.1) is 33.0 Å². The predicted molar refractivity (Wildman–Crippen MR) is 109 cm³/mol. The van der Waals surface area contributed by atoms with Crippen molar-refractivity contribution in [1.82, 2.24) is 20.0 Å². The summed E-state index contributed by atoms with van der Waals surface area (Å²) in [5, 5.41) is 18.3. The molecular formula is C21H30N4O4. The van der Waals surface area contributed by atoms with Crippen LogP contribution in [0.3, 0.4) is 0 Å². The third-order valence-electron chi connectivity index (χ3n) is 5.93. The second kappa shape index (κ2) is 9.11. The van der Waals surface area contributed by atoms with Gasteiger partial charge in [0.2, 0.25) is 0 Å². The number of carbonyl (C=O) groups excluding carboxylic acids is 1. The van der Waals surface area contributed by atoms with E-state index in [1.54, 1.807) is 7.11 Å². The highest BCUT2D eigenvalue weighted by molar-refractivity contribution is 6.06. The SMILES string of the molecule is COc1cccc2c(C(=O)NC3CCC(O)CC3)nn(CCN3CCOCC3)c12. The van der Waals surface area contributed by atoms with Gasteiger partial charge in [-0.25, -0.2) is 0 Å². The van der Waals surface area contributed by atoms with Crippen molar-refractivity contribution < 1.29 is 19.4 Å². The van der Waals surface area contributed by atoms with Gasteiger partial charge in [-0.15, -0.1) is 0 Å². The summed E-state index contributed by atoms with van der Waals surface area (Å²) in [5.41, 5.74) is 1.29. The number of methoxy groups -OCH3 is 1. The maximum atomic E-state index is 13.0. The molecule has 2 fully saturated rings. The normalized spacial score (nSPS) is 23.2. The van der Waals surface area contributed by atoms with E-state index in [0.717, 1.165) is 75.2 Å². The molecule has 2 aliphatic rings. The van der Waals surface area contributed by atoms with Gasteiger partial charge < -0.3 is 19.9 Å². The Labute approximate surface area is 170 Å². The zero-order valence-corrected chi connectivity index (χ0v) is 17.0. The fourth-order valence-electron chi connectivity index (χ4n) is 4.23. The molecule has 2 aromatic rings. The highest BCUT2D eigenvalue weighted by Gasteiger charge is 2.25.